The second kappa shape index (κ2) is 13.2. The fourth-order valence-corrected chi connectivity index (χ4v) is 4.18. The average molecular weight is 524 g/mol. The van der Waals surface area contributed by atoms with Crippen LogP contribution >= 0.6 is 11.6 Å². The summed E-state index contributed by atoms with van der Waals surface area (Å²) in [6, 6.07) is 24.8. The highest BCUT2D eigenvalue weighted by Gasteiger charge is 2.26. The van der Waals surface area contributed by atoms with Crippen LogP contribution in [0.4, 0.5) is 5.69 Å². The quantitative estimate of drug-likeness (QED) is 0.374. The van der Waals surface area contributed by atoms with Gasteiger partial charge in [-0.25, -0.2) is 0 Å². The molecule has 8 nitrogen and oxygen atoms in total. The van der Waals surface area contributed by atoms with Crippen molar-refractivity contribution >= 4 is 29.1 Å². The Labute approximate surface area is 221 Å². The second-order valence-electron chi connectivity index (χ2n) is 8.76. The molecule has 1 saturated heterocycles. The number of β-amino-alcohol motifs (C(OH)–C–C–N with tert-alkyl or cyclic N) is 1. The lowest BCUT2D eigenvalue weighted by atomic mass is 10.2. The number of hydrogen-bond donors (Lipinski definition) is 2. The number of hydroxylamine groups is 1. The van der Waals surface area contributed by atoms with E-state index in [1.165, 1.54) is 0 Å². The van der Waals surface area contributed by atoms with E-state index in [0.29, 0.717) is 29.4 Å². The first-order valence-corrected chi connectivity index (χ1v) is 12.5. The van der Waals surface area contributed by atoms with Crippen LogP contribution in [0.1, 0.15) is 16.8 Å². The predicted molar refractivity (Wildman–Crippen MR) is 142 cm³/mol. The van der Waals surface area contributed by atoms with Crippen molar-refractivity contribution in [1.29, 1.82) is 0 Å². The predicted octanol–water partition coefficient (Wildman–Crippen LogP) is 3.55. The third-order valence-electron chi connectivity index (χ3n) is 5.86. The van der Waals surface area contributed by atoms with E-state index in [0.717, 1.165) is 23.8 Å². The summed E-state index contributed by atoms with van der Waals surface area (Å²) in [5, 5.41) is 15.0. The van der Waals surface area contributed by atoms with Crippen molar-refractivity contribution in [2.24, 2.45) is 0 Å². The van der Waals surface area contributed by atoms with Crippen LogP contribution < -0.4 is 15.1 Å². The lowest BCUT2D eigenvalue weighted by Gasteiger charge is -2.25. The van der Waals surface area contributed by atoms with Gasteiger partial charge in [0.2, 0.25) is 0 Å². The third-order valence-corrected chi connectivity index (χ3v) is 6.12. The van der Waals surface area contributed by atoms with Crippen LogP contribution in [-0.2, 0) is 9.63 Å². The van der Waals surface area contributed by atoms with Gasteiger partial charge in [-0.2, -0.15) is 5.06 Å². The van der Waals surface area contributed by atoms with Crippen LogP contribution in [0.25, 0.3) is 0 Å². The molecule has 1 aliphatic rings. The number of hydrogen-bond acceptors (Lipinski definition) is 6. The number of nitrogens with zero attached hydrogens (tertiary/aromatic N) is 2. The molecule has 1 heterocycles. The van der Waals surface area contributed by atoms with Crippen molar-refractivity contribution < 1.29 is 24.3 Å². The topological polar surface area (TPSA) is 91.3 Å². The molecule has 0 saturated carbocycles. The smallest absolute Gasteiger partial charge is 0.270 e. The molecule has 2 atom stereocenters. The minimum absolute atomic E-state index is 0.0184. The molecule has 0 aliphatic carbocycles. The number of rotatable bonds is 11. The fourth-order valence-electron chi connectivity index (χ4n) is 4.05. The Kier molecular flexibility index (Phi) is 9.51. The number of amides is 2. The van der Waals surface area contributed by atoms with Gasteiger partial charge in [-0.05, 0) is 55.0 Å². The molecule has 194 valence electrons. The van der Waals surface area contributed by atoms with Gasteiger partial charge < -0.3 is 15.2 Å². The summed E-state index contributed by atoms with van der Waals surface area (Å²) >= 11 is 5.93. The summed E-state index contributed by atoms with van der Waals surface area (Å²) in [7, 11) is 0. The molecule has 2 N–H and O–H groups in total. The maximum atomic E-state index is 12.9. The highest BCUT2D eigenvalue weighted by Crippen LogP contribution is 2.21. The van der Waals surface area contributed by atoms with Crippen LogP contribution in [0, 0.1) is 0 Å². The van der Waals surface area contributed by atoms with Crippen molar-refractivity contribution in [2.45, 2.75) is 18.6 Å². The molecule has 3 aromatic carbocycles. The van der Waals surface area contributed by atoms with Crippen molar-refractivity contribution in [3.8, 4) is 5.75 Å². The zero-order valence-corrected chi connectivity index (χ0v) is 21.1. The fraction of sp³-hybridized carbons (Fsp3) is 0.286. The Bertz CT molecular complexity index is 1150. The molecule has 0 radical (unpaired) electrons. The largest absolute Gasteiger partial charge is 0.489 e. The highest BCUT2D eigenvalue weighted by atomic mass is 35.5. The van der Waals surface area contributed by atoms with Crippen LogP contribution in [-0.4, -0.2) is 66.8 Å². The Morgan fingerprint density at radius 3 is 2.41 bits per heavy atom. The van der Waals surface area contributed by atoms with Crippen molar-refractivity contribution in [2.75, 3.05) is 37.8 Å². The monoisotopic (exact) mass is 523 g/mol. The number of carbonyl (C=O) groups excluding carboxylic acids is 2. The molecule has 0 aromatic heterocycles. The highest BCUT2D eigenvalue weighted by molar-refractivity contribution is 6.30. The molecular formula is C28H30ClN3O5. The summed E-state index contributed by atoms with van der Waals surface area (Å²) < 4.78 is 6.01. The molecule has 9 heteroatoms. The number of ether oxygens (including phenoxy) is 1. The summed E-state index contributed by atoms with van der Waals surface area (Å²) in [6.45, 7) is 1.48. The number of aliphatic hydroxyl groups excluding tert-OH is 1. The van der Waals surface area contributed by atoms with Crippen molar-refractivity contribution in [3.05, 3.63) is 95.5 Å². The van der Waals surface area contributed by atoms with Gasteiger partial charge in [0.05, 0.1) is 18.3 Å². The standard InChI is InChI=1S/C28H30ClN3O5/c29-22-11-13-25(14-12-22)37-26-15-16-31(19-26)18-24(33)20-36-32(23-9-5-2-6-10-23)27(34)17-30-28(35)21-7-3-1-4-8-21/h1-14,24,26,33H,15-20H2,(H,30,35). The molecule has 1 aliphatic heterocycles. The van der Waals surface area contributed by atoms with E-state index in [4.69, 9.17) is 21.2 Å². The van der Waals surface area contributed by atoms with Gasteiger partial charge >= 0.3 is 0 Å². The number of likely N-dealkylation sites (tertiary alicyclic amines) is 1. The molecular weight excluding hydrogens is 494 g/mol. The van der Waals surface area contributed by atoms with E-state index in [1.807, 2.05) is 24.3 Å². The number of carbonyl (C=O) groups is 2. The number of anilines is 1. The van der Waals surface area contributed by atoms with E-state index in [-0.39, 0.29) is 25.2 Å². The molecule has 2 amide bonds. The van der Waals surface area contributed by atoms with Gasteiger partial charge in [0.25, 0.3) is 11.8 Å². The average Bonchev–Trinajstić information content (AvgIpc) is 3.36. The third kappa shape index (κ3) is 8.03. The summed E-state index contributed by atoms with van der Waals surface area (Å²) in [5.74, 6) is -0.0526. The lowest BCUT2D eigenvalue weighted by molar-refractivity contribution is -0.126. The van der Waals surface area contributed by atoms with Crippen LogP contribution in [0.2, 0.25) is 5.02 Å². The van der Waals surface area contributed by atoms with E-state index < -0.39 is 12.0 Å². The van der Waals surface area contributed by atoms with E-state index >= 15 is 0 Å². The van der Waals surface area contributed by atoms with Gasteiger partial charge in [0.15, 0.2) is 0 Å². The van der Waals surface area contributed by atoms with E-state index in [9.17, 15) is 14.7 Å². The molecule has 2 unspecified atom stereocenters. The van der Waals surface area contributed by atoms with Gasteiger partial charge in [0.1, 0.15) is 18.5 Å². The Morgan fingerprint density at radius 1 is 1.03 bits per heavy atom. The van der Waals surface area contributed by atoms with Gasteiger partial charge in [0, 0.05) is 30.2 Å². The van der Waals surface area contributed by atoms with E-state index in [1.54, 1.807) is 60.7 Å². The first-order valence-electron chi connectivity index (χ1n) is 12.1. The molecule has 3 aromatic rings. The van der Waals surface area contributed by atoms with Gasteiger partial charge in [-0.15, -0.1) is 0 Å². The van der Waals surface area contributed by atoms with Gasteiger partial charge in [-0.3, -0.25) is 19.3 Å². The van der Waals surface area contributed by atoms with Crippen LogP contribution in [0.5, 0.6) is 5.75 Å². The maximum Gasteiger partial charge on any atom is 0.270 e. The molecule has 4 rings (SSSR count). The van der Waals surface area contributed by atoms with Crippen LogP contribution in [0.15, 0.2) is 84.9 Å². The molecule has 1 fully saturated rings. The maximum absolute atomic E-state index is 12.9. The Balaban J connectivity index is 1.27. The minimum Gasteiger partial charge on any atom is -0.489 e. The number of benzene rings is 3. The first kappa shape index (κ1) is 26.6. The summed E-state index contributed by atoms with van der Waals surface area (Å²) in [5.41, 5.74) is 0.966. The molecule has 0 spiro atoms. The number of nitrogens with one attached hydrogen (secondary N) is 1. The number of halogens is 1. The summed E-state index contributed by atoms with van der Waals surface area (Å²) in [4.78, 5) is 33.1. The van der Waals surface area contributed by atoms with Crippen LogP contribution in [0.3, 0.4) is 0 Å². The Hall–Kier alpha value is -3.43. The second-order valence-corrected chi connectivity index (χ2v) is 9.20. The lowest BCUT2D eigenvalue weighted by Crippen LogP contribution is -2.43. The summed E-state index contributed by atoms with van der Waals surface area (Å²) in [6.07, 6.45) is 0.0310. The van der Waals surface area contributed by atoms with Crippen molar-refractivity contribution in [1.82, 2.24) is 10.2 Å². The van der Waals surface area contributed by atoms with Crippen molar-refractivity contribution in [3.63, 3.8) is 0 Å². The normalized spacial score (nSPS) is 16.2. The SMILES string of the molecule is O=C(NCC(=O)N(OCC(O)CN1CCC(Oc2ccc(Cl)cc2)C1)c1ccccc1)c1ccccc1. The van der Waals surface area contributed by atoms with Gasteiger partial charge in [-0.1, -0.05) is 48.0 Å². The Morgan fingerprint density at radius 2 is 1.70 bits per heavy atom. The van der Waals surface area contributed by atoms with E-state index in [2.05, 4.69) is 10.2 Å². The number of aliphatic hydroxyl groups is 1. The number of para-hydroxylation sites is 1. The first-order chi connectivity index (χ1) is 18.0. The zero-order valence-electron chi connectivity index (χ0n) is 20.3. The molecule has 0 bridgehead atoms. The minimum atomic E-state index is -0.827. The molecule has 37 heavy (non-hydrogen) atoms. The zero-order chi connectivity index (χ0) is 26.0.